The first-order chi connectivity index (χ1) is 27.0. The highest BCUT2D eigenvalue weighted by Gasteiger charge is 2.71. The lowest BCUT2D eigenvalue weighted by atomic mass is 9.77. The Labute approximate surface area is 331 Å². The molecule has 56 heavy (non-hydrogen) atoms. The molecule has 13 heteroatoms. The second-order valence-electron chi connectivity index (χ2n) is 15.8. The molecule has 1 unspecified atom stereocenters. The van der Waals surface area contributed by atoms with E-state index < -0.39 is 38.1 Å². The van der Waals surface area contributed by atoms with Crippen molar-refractivity contribution in [1.29, 1.82) is 5.26 Å². The number of ether oxygens (including phenoxy) is 4. The number of piperidine rings is 1. The molecular weight excluding hydrogens is 731 g/mol. The topological polar surface area (TPSA) is 132 Å². The van der Waals surface area contributed by atoms with Gasteiger partial charge in [-0.05, 0) is 87.4 Å². The summed E-state index contributed by atoms with van der Waals surface area (Å²) in [5.74, 6) is 0.660. The summed E-state index contributed by atoms with van der Waals surface area (Å²) in [7, 11) is 1.62. The molecule has 3 amide bonds. The van der Waals surface area contributed by atoms with Crippen molar-refractivity contribution in [1.82, 2.24) is 14.9 Å². The van der Waals surface area contributed by atoms with Gasteiger partial charge in [-0.3, -0.25) is 15.0 Å². The van der Waals surface area contributed by atoms with Gasteiger partial charge in [-0.1, -0.05) is 61.5 Å². The summed E-state index contributed by atoms with van der Waals surface area (Å²) >= 11 is 0. The van der Waals surface area contributed by atoms with Gasteiger partial charge in [0.1, 0.15) is 35.0 Å². The first kappa shape index (κ1) is 40.1. The molecule has 1 aliphatic carbocycles. The number of nitriles is 1. The third-order valence-electron chi connectivity index (χ3n) is 11.9. The maximum absolute atomic E-state index is 13.7. The number of hydrogen-bond acceptors (Lipinski definition) is 10. The van der Waals surface area contributed by atoms with Gasteiger partial charge in [-0.25, -0.2) is 9.46 Å². The predicted octanol–water partition coefficient (Wildman–Crippen LogP) is 7.36. The molecule has 12 nitrogen and oxygen atoms in total. The first-order valence-electron chi connectivity index (χ1n) is 19.5. The minimum Gasteiger partial charge on any atom is -0.497 e. The summed E-state index contributed by atoms with van der Waals surface area (Å²) in [5.41, 5.74) is 0.542. The van der Waals surface area contributed by atoms with Crippen molar-refractivity contribution in [3.05, 3.63) is 95.6 Å². The fraction of sp³-hybridized carbons (Fsp3) is 0.512. The molecule has 7 rings (SSSR count). The highest BCUT2D eigenvalue weighted by Crippen LogP contribution is 2.63. The lowest BCUT2D eigenvalue weighted by Crippen LogP contribution is -2.68. The van der Waals surface area contributed by atoms with Crippen LogP contribution in [0, 0.1) is 29.1 Å². The molecule has 3 aromatic carbocycles. The molecule has 3 aromatic rings. The number of amides is 3. The number of nitrogens with zero attached hydrogens (tertiary/aromatic N) is 3. The molecule has 0 radical (unpaired) electrons. The average Bonchev–Trinajstić information content (AvgIpc) is 3.67. The minimum absolute atomic E-state index is 0.0786. The number of urea groups is 1. The van der Waals surface area contributed by atoms with Crippen LogP contribution in [-0.4, -0.2) is 85.0 Å². The number of imide groups is 1. The molecule has 298 valence electrons. The molecule has 0 spiro atoms. The third kappa shape index (κ3) is 7.08. The van der Waals surface area contributed by atoms with Crippen LogP contribution >= 0.6 is 8.53 Å². The Balaban J connectivity index is 1.35. The molecule has 4 fully saturated rings. The summed E-state index contributed by atoms with van der Waals surface area (Å²) in [4.78, 5) is 28.3. The molecule has 4 aliphatic rings. The van der Waals surface area contributed by atoms with Gasteiger partial charge in [0, 0.05) is 24.0 Å². The number of hydrogen-bond donors (Lipinski definition) is 1. The van der Waals surface area contributed by atoms with E-state index in [0.717, 1.165) is 28.2 Å². The maximum Gasteiger partial charge on any atom is 0.326 e. The molecule has 3 heterocycles. The van der Waals surface area contributed by atoms with Crippen molar-refractivity contribution in [3.8, 4) is 17.6 Å². The SMILES string of the molecule is COc1ccc(C(OC[C@]23C[C@@H]4C[C@H]5[C@H](C)C(=O)NC(=O)N5[C@H](O2)[C@@H]4[C@H]3OP(OCCC#N)N(C(C)C)C(C)C)(c2ccccc2)c2ccc(OC)cc2)cc1. The van der Waals surface area contributed by atoms with E-state index in [2.05, 4.69) is 55.9 Å². The molecule has 1 saturated carbocycles. The van der Waals surface area contributed by atoms with Crippen LogP contribution in [-0.2, 0) is 28.9 Å². The lowest BCUT2D eigenvalue weighted by Gasteiger charge is -2.52. The van der Waals surface area contributed by atoms with Crippen LogP contribution in [0.5, 0.6) is 11.5 Å². The van der Waals surface area contributed by atoms with Crippen LogP contribution in [0.1, 0.15) is 70.6 Å². The molecule has 1 N–H and O–H groups in total. The number of benzene rings is 3. The number of carbonyl (C=O) groups is 2. The normalized spacial score (nSPS) is 27.3. The second kappa shape index (κ2) is 16.4. The largest absolute Gasteiger partial charge is 0.497 e. The highest BCUT2D eigenvalue weighted by atomic mass is 31.2. The van der Waals surface area contributed by atoms with Gasteiger partial charge in [0.05, 0.1) is 45.8 Å². The average molecular weight is 785 g/mol. The number of rotatable bonds is 16. The fourth-order valence-electron chi connectivity index (χ4n) is 9.41. The Kier molecular flexibility index (Phi) is 11.8. The Bertz CT molecular complexity index is 1830. The quantitative estimate of drug-likeness (QED) is 0.0893. The zero-order valence-electron chi connectivity index (χ0n) is 33.2. The number of carbonyl (C=O) groups excluding carboxylic acids is 2. The van der Waals surface area contributed by atoms with E-state index in [1.807, 2.05) is 73.7 Å². The minimum atomic E-state index is -1.67. The lowest BCUT2D eigenvalue weighted by molar-refractivity contribution is -0.208. The van der Waals surface area contributed by atoms with Gasteiger partial charge in [0.15, 0.2) is 0 Å². The zero-order chi connectivity index (χ0) is 39.8. The standard InChI is InChI=1S/C43H53N4O8P/c1-27(2)47(28(3)4)56(53-23-11-22-44)55-38-37-30-24-36-29(5)39(48)45-41(49)46(36)40(37)54-42(38,25-30)26-52-43(31-12-9-8-10-13-31,32-14-18-34(50-6)19-15-32)33-16-20-35(51-7)21-17-33/h8-10,12-21,27-30,36-38,40H,11,23-26H2,1-7H3,(H,45,48,49)/t29-,30-,36-,37-,38+,40+,42-,56?/m0/s1. The van der Waals surface area contributed by atoms with Crippen molar-refractivity contribution in [2.45, 2.75) is 95.5 Å². The van der Waals surface area contributed by atoms with Crippen LogP contribution in [0.2, 0.25) is 0 Å². The summed E-state index contributed by atoms with van der Waals surface area (Å²) in [6, 6.07) is 27.6. The Morgan fingerprint density at radius 2 is 1.54 bits per heavy atom. The summed E-state index contributed by atoms with van der Waals surface area (Å²) < 4.78 is 41.8. The van der Waals surface area contributed by atoms with Crippen molar-refractivity contribution in [2.24, 2.45) is 17.8 Å². The van der Waals surface area contributed by atoms with Gasteiger partial charge in [0.25, 0.3) is 8.53 Å². The second-order valence-corrected chi connectivity index (χ2v) is 17.2. The van der Waals surface area contributed by atoms with Gasteiger partial charge in [-0.2, -0.15) is 5.26 Å². The van der Waals surface area contributed by atoms with E-state index in [0.29, 0.717) is 12.8 Å². The van der Waals surface area contributed by atoms with Gasteiger partial charge >= 0.3 is 6.03 Å². The smallest absolute Gasteiger partial charge is 0.326 e. The van der Waals surface area contributed by atoms with Crippen LogP contribution in [0.15, 0.2) is 78.9 Å². The summed E-state index contributed by atoms with van der Waals surface area (Å²) in [6.45, 7) is 10.6. The van der Waals surface area contributed by atoms with E-state index in [9.17, 15) is 14.9 Å². The summed E-state index contributed by atoms with van der Waals surface area (Å²) in [5, 5.41) is 12.0. The van der Waals surface area contributed by atoms with Crippen LogP contribution in [0.4, 0.5) is 4.79 Å². The van der Waals surface area contributed by atoms with Crippen molar-refractivity contribution in [3.63, 3.8) is 0 Å². The highest BCUT2D eigenvalue weighted by molar-refractivity contribution is 7.44. The van der Waals surface area contributed by atoms with E-state index in [1.165, 1.54) is 0 Å². The van der Waals surface area contributed by atoms with E-state index in [-0.39, 0.29) is 61.4 Å². The van der Waals surface area contributed by atoms with E-state index in [1.54, 1.807) is 19.1 Å². The molecular formula is C43H53N4O8P. The van der Waals surface area contributed by atoms with Gasteiger partial charge in [0.2, 0.25) is 5.91 Å². The van der Waals surface area contributed by atoms with E-state index >= 15 is 0 Å². The molecule has 3 aliphatic heterocycles. The zero-order valence-corrected chi connectivity index (χ0v) is 34.1. The monoisotopic (exact) mass is 784 g/mol. The molecule has 0 aromatic heterocycles. The maximum atomic E-state index is 13.7. The van der Waals surface area contributed by atoms with E-state index in [4.69, 9.17) is 28.0 Å². The Morgan fingerprint density at radius 1 is 0.946 bits per heavy atom. The number of methoxy groups -OCH3 is 2. The van der Waals surface area contributed by atoms with Gasteiger partial charge < -0.3 is 28.0 Å². The number of fused-ring (bicyclic) bond motifs is 3. The van der Waals surface area contributed by atoms with Crippen LogP contribution in [0.25, 0.3) is 0 Å². The molecule has 3 saturated heterocycles. The Hall–Kier alpha value is -4.08. The Morgan fingerprint density at radius 3 is 2.09 bits per heavy atom. The van der Waals surface area contributed by atoms with Crippen molar-refractivity contribution < 1.29 is 37.6 Å². The van der Waals surface area contributed by atoms with Crippen LogP contribution < -0.4 is 14.8 Å². The third-order valence-corrected chi connectivity index (χ3v) is 14.0. The molecule has 2 bridgehead atoms. The van der Waals surface area contributed by atoms with Crippen LogP contribution in [0.3, 0.4) is 0 Å². The van der Waals surface area contributed by atoms with Crippen molar-refractivity contribution in [2.75, 3.05) is 27.4 Å². The molecule has 8 atom stereocenters. The van der Waals surface area contributed by atoms with Gasteiger partial charge in [-0.15, -0.1) is 0 Å². The summed E-state index contributed by atoms with van der Waals surface area (Å²) in [6.07, 6.45) is 0.284. The first-order valence-corrected chi connectivity index (χ1v) is 20.7. The number of nitrogens with one attached hydrogen (secondary N) is 1. The fourth-order valence-corrected chi connectivity index (χ4v) is 11.2. The predicted molar refractivity (Wildman–Crippen MR) is 210 cm³/mol. The van der Waals surface area contributed by atoms with Crippen molar-refractivity contribution >= 4 is 20.5 Å².